The van der Waals surface area contributed by atoms with Gasteiger partial charge < -0.3 is 19.2 Å². The number of aliphatic hydroxyl groups excluding tert-OH is 1. The lowest BCUT2D eigenvalue weighted by atomic mass is 9.95. The topological polar surface area (TPSA) is 80.0 Å². The van der Waals surface area contributed by atoms with Crippen LogP contribution < -0.4 is 4.74 Å². The van der Waals surface area contributed by atoms with Gasteiger partial charge in [0.15, 0.2) is 11.5 Å². The fraction of sp³-hybridized carbons (Fsp3) is 0.0968. The minimum absolute atomic E-state index is 0.0175. The molecule has 0 radical (unpaired) electrons. The van der Waals surface area contributed by atoms with E-state index < -0.39 is 23.5 Å². The Morgan fingerprint density at radius 2 is 1.70 bits per heavy atom. The number of hydrogen-bond donors (Lipinski definition) is 1. The number of amides is 1. The van der Waals surface area contributed by atoms with Gasteiger partial charge in [-0.15, -0.1) is 0 Å². The lowest BCUT2D eigenvalue weighted by Gasteiger charge is -2.26. The summed E-state index contributed by atoms with van der Waals surface area (Å²) in [6, 6.07) is 29.0. The second-order valence-electron chi connectivity index (χ2n) is 8.63. The first-order valence-corrected chi connectivity index (χ1v) is 11.9. The largest absolute Gasteiger partial charge is 0.503 e. The molecule has 1 aromatic heterocycles. The van der Waals surface area contributed by atoms with Crippen molar-refractivity contribution in [2.75, 3.05) is 0 Å². The van der Waals surface area contributed by atoms with Gasteiger partial charge in [0, 0.05) is 0 Å². The van der Waals surface area contributed by atoms with Crippen LogP contribution in [0, 0.1) is 0 Å². The zero-order valence-electron chi connectivity index (χ0n) is 20.0. The third-order valence-electron chi connectivity index (χ3n) is 6.12. The van der Waals surface area contributed by atoms with Crippen molar-refractivity contribution < 1.29 is 23.8 Å². The molecular weight excluding hydrogens is 466 g/mol. The van der Waals surface area contributed by atoms with Gasteiger partial charge in [0.05, 0.1) is 24.4 Å². The molecule has 37 heavy (non-hydrogen) atoms. The van der Waals surface area contributed by atoms with Crippen molar-refractivity contribution in [3.63, 3.8) is 0 Å². The highest BCUT2D eigenvalue weighted by atomic mass is 16.5. The van der Waals surface area contributed by atoms with E-state index in [4.69, 9.17) is 9.15 Å². The van der Waals surface area contributed by atoms with Gasteiger partial charge in [-0.2, -0.15) is 0 Å². The van der Waals surface area contributed by atoms with Crippen LogP contribution in [0.15, 0.2) is 125 Å². The lowest BCUT2D eigenvalue weighted by Crippen LogP contribution is -2.30. The normalized spacial score (nSPS) is 15.5. The summed E-state index contributed by atoms with van der Waals surface area (Å²) < 4.78 is 11.4. The van der Waals surface area contributed by atoms with E-state index in [-0.39, 0.29) is 12.1 Å². The molecule has 0 aliphatic carbocycles. The SMILES string of the molecule is O=C(/C=C/c1ccccc1)C1=C(O)C(=O)N(Cc2ccco2)C1c1cccc(OCc2ccccc2)c1. The molecule has 5 rings (SSSR count). The maximum absolute atomic E-state index is 13.4. The summed E-state index contributed by atoms with van der Waals surface area (Å²) >= 11 is 0. The smallest absolute Gasteiger partial charge is 0.290 e. The van der Waals surface area contributed by atoms with Crippen molar-refractivity contribution >= 4 is 17.8 Å². The number of rotatable bonds is 9. The van der Waals surface area contributed by atoms with Crippen LogP contribution in [0.5, 0.6) is 5.75 Å². The summed E-state index contributed by atoms with van der Waals surface area (Å²) in [5, 5.41) is 10.8. The molecule has 0 fully saturated rings. The zero-order chi connectivity index (χ0) is 25.6. The van der Waals surface area contributed by atoms with Crippen molar-refractivity contribution in [3.05, 3.63) is 143 Å². The molecule has 1 aliphatic rings. The average molecular weight is 492 g/mol. The first kappa shape index (κ1) is 23.9. The first-order chi connectivity index (χ1) is 18.1. The number of carbonyl (C=O) groups excluding carboxylic acids is 2. The fourth-order valence-electron chi connectivity index (χ4n) is 4.33. The molecule has 184 valence electrons. The second kappa shape index (κ2) is 10.8. The third-order valence-corrected chi connectivity index (χ3v) is 6.12. The van der Waals surface area contributed by atoms with Gasteiger partial charge in [-0.25, -0.2) is 0 Å². The van der Waals surface area contributed by atoms with Gasteiger partial charge in [0.2, 0.25) is 0 Å². The van der Waals surface area contributed by atoms with Crippen molar-refractivity contribution in [1.82, 2.24) is 4.90 Å². The maximum Gasteiger partial charge on any atom is 0.290 e. The van der Waals surface area contributed by atoms with Crippen LogP contribution in [0.3, 0.4) is 0 Å². The number of ether oxygens (including phenoxy) is 1. The summed E-state index contributed by atoms with van der Waals surface area (Å²) in [5.74, 6) is -0.512. The van der Waals surface area contributed by atoms with Crippen LogP contribution in [0.25, 0.3) is 6.08 Å². The van der Waals surface area contributed by atoms with E-state index in [1.807, 2.05) is 78.9 Å². The summed E-state index contributed by atoms with van der Waals surface area (Å²) in [4.78, 5) is 28.0. The average Bonchev–Trinajstić information content (AvgIpc) is 3.54. The minimum Gasteiger partial charge on any atom is -0.503 e. The van der Waals surface area contributed by atoms with E-state index in [1.54, 1.807) is 24.3 Å². The molecule has 0 bridgehead atoms. The Morgan fingerprint density at radius 1 is 0.946 bits per heavy atom. The van der Waals surface area contributed by atoms with Crippen LogP contribution in [0.2, 0.25) is 0 Å². The second-order valence-corrected chi connectivity index (χ2v) is 8.63. The number of furan rings is 1. The number of aliphatic hydroxyl groups is 1. The Balaban J connectivity index is 1.47. The van der Waals surface area contributed by atoms with Crippen molar-refractivity contribution in [1.29, 1.82) is 0 Å². The van der Waals surface area contributed by atoms with Gasteiger partial charge in [-0.3, -0.25) is 9.59 Å². The lowest BCUT2D eigenvalue weighted by molar-refractivity contribution is -0.130. The number of ketones is 1. The van der Waals surface area contributed by atoms with Gasteiger partial charge in [0.25, 0.3) is 5.91 Å². The Morgan fingerprint density at radius 3 is 2.43 bits per heavy atom. The molecule has 0 spiro atoms. The molecule has 1 unspecified atom stereocenters. The van der Waals surface area contributed by atoms with E-state index in [9.17, 15) is 14.7 Å². The van der Waals surface area contributed by atoms with Crippen molar-refractivity contribution in [2.24, 2.45) is 0 Å². The first-order valence-electron chi connectivity index (χ1n) is 11.9. The molecule has 2 heterocycles. The predicted molar refractivity (Wildman–Crippen MR) is 139 cm³/mol. The molecule has 1 atom stereocenters. The Hall–Kier alpha value is -4.84. The van der Waals surface area contributed by atoms with E-state index >= 15 is 0 Å². The molecule has 6 nitrogen and oxygen atoms in total. The van der Waals surface area contributed by atoms with Gasteiger partial charge in [0.1, 0.15) is 18.1 Å². The molecule has 1 amide bonds. The highest BCUT2D eigenvalue weighted by Crippen LogP contribution is 2.40. The Kier molecular flexibility index (Phi) is 6.99. The van der Waals surface area contributed by atoms with E-state index in [1.165, 1.54) is 17.2 Å². The Bertz CT molecular complexity index is 1440. The standard InChI is InChI=1S/C31H25NO5/c33-27(17-16-22-9-3-1-4-10-22)28-29(32(31(35)30(28)34)20-26-15-8-18-36-26)24-13-7-14-25(19-24)37-21-23-11-5-2-6-12-23/h1-19,29,34H,20-21H2/b17-16+. The molecular formula is C31H25NO5. The monoisotopic (exact) mass is 491 g/mol. The zero-order valence-corrected chi connectivity index (χ0v) is 20.0. The number of nitrogens with zero attached hydrogens (tertiary/aromatic N) is 1. The highest BCUT2D eigenvalue weighted by Gasteiger charge is 2.43. The molecule has 3 aromatic carbocycles. The van der Waals surface area contributed by atoms with Crippen LogP contribution in [-0.2, 0) is 22.7 Å². The molecule has 4 aromatic rings. The maximum atomic E-state index is 13.4. The number of carbonyl (C=O) groups is 2. The summed E-state index contributed by atoms with van der Waals surface area (Å²) in [6.45, 7) is 0.464. The number of hydrogen-bond acceptors (Lipinski definition) is 5. The van der Waals surface area contributed by atoms with E-state index in [0.717, 1.165) is 11.1 Å². The fourth-order valence-corrected chi connectivity index (χ4v) is 4.33. The summed E-state index contributed by atoms with van der Waals surface area (Å²) in [7, 11) is 0. The van der Waals surface area contributed by atoms with Crippen LogP contribution in [-0.4, -0.2) is 21.7 Å². The van der Waals surface area contributed by atoms with Crippen molar-refractivity contribution in [3.8, 4) is 5.75 Å². The molecule has 6 heteroatoms. The highest BCUT2D eigenvalue weighted by molar-refractivity contribution is 6.14. The van der Waals surface area contributed by atoms with Gasteiger partial charge >= 0.3 is 0 Å². The number of allylic oxidation sites excluding steroid dienone is 1. The van der Waals surface area contributed by atoms with E-state index in [2.05, 4.69) is 0 Å². The van der Waals surface area contributed by atoms with E-state index in [0.29, 0.717) is 23.7 Å². The van der Waals surface area contributed by atoms with Gasteiger partial charge in [-0.1, -0.05) is 78.9 Å². The quantitative estimate of drug-likeness (QED) is 0.289. The summed E-state index contributed by atoms with van der Waals surface area (Å²) in [5.41, 5.74) is 2.51. The number of benzene rings is 3. The van der Waals surface area contributed by atoms with Gasteiger partial charge in [-0.05, 0) is 47.0 Å². The van der Waals surface area contributed by atoms with Crippen molar-refractivity contribution in [2.45, 2.75) is 19.2 Å². The van der Waals surface area contributed by atoms with Crippen LogP contribution in [0.1, 0.15) is 28.5 Å². The van der Waals surface area contributed by atoms with Crippen LogP contribution >= 0.6 is 0 Å². The minimum atomic E-state index is -0.814. The third kappa shape index (κ3) is 5.38. The molecule has 0 saturated heterocycles. The predicted octanol–water partition coefficient (Wildman–Crippen LogP) is 6.04. The molecule has 1 aliphatic heterocycles. The van der Waals surface area contributed by atoms with Crippen LogP contribution in [0.4, 0.5) is 0 Å². The Labute approximate surface area is 214 Å². The molecule has 1 N–H and O–H groups in total. The molecule has 0 saturated carbocycles. The summed E-state index contributed by atoms with van der Waals surface area (Å²) in [6.07, 6.45) is 4.57.